The summed E-state index contributed by atoms with van der Waals surface area (Å²) < 4.78 is 12.9. The molecule has 0 saturated heterocycles. The minimum Gasteiger partial charge on any atom is -0.322 e. The highest BCUT2D eigenvalue weighted by Gasteiger charge is 2.36. The van der Waals surface area contributed by atoms with E-state index in [9.17, 15) is 18.8 Å². The number of nitrogens with zero attached hydrogens (tertiary/aromatic N) is 1. The second kappa shape index (κ2) is 7.52. The molecule has 1 aliphatic rings. The van der Waals surface area contributed by atoms with Gasteiger partial charge in [0.05, 0.1) is 16.8 Å². The first-order valence-corrected chi connectivity index (χ1v) is 8.85. The van der Waals surface area contributed by atoms with Gasteiger partial charge in [-0.3, -0.25) is 14.4 Å². The number of benzene rings is 3. The molecule has 29 heavy (non-hydrogen) atoms. The van der Waals surface area contributed by atoms with Gasteiger partial charge in [-0.1, -0.05) is 30.3 Å². The van der Waals surface area contributed by atoms with Crippen LogP contribution in [0.1, 0.15) is 26.3 Å². The molecule has 142 valence electrons. The third-order valence-electron chi connectivity index (χ3n) is 4.46. The van der Waals surface area contributed by atoms with Crippen molar-refractivity contribution in [1.29, 1.82) is 0 Å². The molecule has 3 aromatic carbocycles. The summed E-state index contributed by atoms with van der Waals surface area (Å²) in [5.74, 6) is -1.54. The molecule has 5 nitrogen and oxygen atoms in total. The summed E-state index contributed by atoms with van der Waals surface area (Å²) in [6.45, 7) is 0. The Morgan fingerprint density at radius 1 is 0.862 bits per heavy atom. The molecule has 0 atom stereocenters. The van der Waals surface area contributed by atoms with Crippen LogP contribution in [-0.4, -0.2) is 17.7 Å². The van der Waals surface area contributed by atoms with Crippen molar-refractivity contribution in [2.45, 2.75) is 0 Å². The maximum atomic E-state index is 12.9. The number of imide groups is 1. The fourth-order valence-corrected chi connectivity index (χ4v) is 3.08. The lowest BCUT2D eigenvalue weighted by atomic mass is 10.1. The quantitative estimate of drug-likeness (QED) is 0.538. The first-order chi connectivity index (χ1) is 14.0. The van der Waals surface area contributed by atoms with Crippen molar-refractivity contribution in [3.8, 4) is 0 Å². The van der Waals surface area contributed by atoms with Crippen molar-refractivity contribution in [3.05, 3.63) is 101 Å². The molecule has 0 radical (unpaired) electrons. The number of nitrogens with one attached hydrogen (secondary N) is 1. The van der Waals surface area contributed by atoms with Crippen LogP contribution in [0.3, 0.4) is 0 Å². The molecule has 0 unspecified atom stereocenters. The molecule has 0 fully saturated rings. The molecule has 1 N–H and O–H groups in total. The van der Waals surface area contributed by atoms with E-state index in [1.165, 1.54) is 18.2 Å². The average molecular weight is 386 g/mol. The van der Waals surface area contributed by atoms with E-state index < -0.39 is 17.7 Å². The highest BCUT2D eigenvalue weighted by atomic mass is 19.1. The predicted octanol–water partition coefficient (Wildman–Crippen LogP) is 4.28. The number of fused-ring (bicyclic) bond motifs is 1. The molecule has 0 bridgehead atoms. The van der Waals surface area contributed by atoms with Crippen LogP contribution in [0.2, 0.25) is 0 Å². The van der Waals surface area contributed by atoms with Crippen molar-refractivity contribution in [2.75, 3.05) is 10.2 Å². The Labute approximate surface area is 166 Å². The Balaban J connectivity index is 1.51. The minimum absolute atomic E-state index is 0.350. The van der Waals surface area contributed by atoms with Gasteiger partial charge in [-0.05, 0) is 54.1 Å². The van der Waals surface area contributed by atoms with Crippen LogP contribution < -0.4 is 10.2 Å². The third-order valence-corrected chi connectivity index (χ3v) is 4.46. The lowest BCUT2D eigenvalue weighted by molar-refractivity contribution is -0.111. The Morgan fingerprint density at radius 3 is 2.17 bits per heavy atom. The van der Waals surface area contributed by atoms with Crippen LogP contribution >= 0.6 is 0 Å². The van der Waals surface area contributed by atoms with E-state index in [1.807, 2.05) is 0 Å². The summed E-state index contributed by atoms with van der Waals surface area (Å²) >= 11 is 0. The smallest absolute Gasteiger partial charge is 0.266 e. The third kappa shape index (κ3) is 3.68. The van der Waals surface area contributed by atoms with Crippen molar-refractivity contribution >= 4 is 35.2 Å². The molecule has 1 aliphatic heterocycles. The Kier molecular flexibility index (Phi) is 4.75. The normalized spacial score (nSPS) is 13.1. The molecule has 4 rings (SSSR count). The van der Waals surface area contributed by atoms with Gasteiger partial charge >= 0.3 is 0 Å². The zero-order valence-corrected chi connectivity index (χ0v) is 15.1. The van der Waals surface area contributed by atoms with Gasteiger partial charge in [0.1, 0.15) is 5.82 Å². The zero-order valence-electron chi connectivity index (χ0n) is 15.1. The summed E-state index contributed by atoms with van der Waals surface area (Å²) in [7, 11) is 0. The SMILES string of the molecule is O=C(/C=C/c1ccc(F)cc1)Nc1cccc(N2C(=O)c3ccccc3C2=O)c1. The number of anilines is 2. The summed E-state index contributed by atoms with van der Waals surface area (Å²) in [5.41, 5.74) is 2.20. The molecule has 0 aromatic heterocycles. The standard InChI is InChI=1S/C23H15FN2O3/c24-16-11-8-15(9-12-16)10-13-21(27)25-17-4-3-5-18(14-17)26-22(28)19-6-1-2-7-20(19)23(26)29/h1-14H,(H,25,27)/b13-10+. The maximum Gasteiger partial charge on any atom is 0.266 e. The lowest BCUT2D eigenvalue weighted by Crippen LogP contribution is -2.29. The minimum atomic E-state index is -0.398. The first kappa shape index (κ1) is 18.3. The lowest BCUT2D eigenvalue weighted by Gasteiger charge is -2.15. The summed E-state index contributed by atoms with van der Waals surface area (Å²) in [6.07, 6.45) is 2.88. The molecule has 3 aromatic rings. The van der Waals surface area contributed by atoms with Gasteiger partial charge in [0.15, 0.2) is 0 Å². The van der Waals surface area contributed by atoms with Crippen molar-refractivity contribution in [1.82, 2.24) is 0 Å². The molecular formula is C23H15FN2O3. The summed E-state index contributed by atoms with van der Waals surface area (Å²) in [5, 5.41) is 2.69. The highest BCUT2D eigenvalue weighted by molar-refractivity contribution is 6.34. The van der Waals surface area contributed by atoms with Crippen LogP contribution in [0, 0.1) is 5.82 Å². The number of hydrogen-bond acceptors (Lipinski definition) is 3. The fourth-order valence-electron chi connectivity index (χ4n) is 3.08. The average Bonchev–Trinajstić information content (AvgIpc) is 2.98. The van der Waals surface area contributed by atoms with E-state index in [4.69, 9.17) is 0 Å². The van der Waals surface area contributed by atoms with Crippen molar-refractivity contribution < 1.29 is 18.8 Å². The van der Waals surface area contributed by atoms with Crippen LogP contribution in [0.25, 0.3) is 6.08 Å². The molecule has 0 saturated carbocycles. The van der Waals surface area contributed by atoms with Gasteiger partial charge < -0.3 is 5.32 Å². The van der Waals surface area contributed by atoms with Gasteiger partial charge in [0, 0.05) is 11.8 Å². The topological polar surface area (TPSA) is 66.5 Å². The Morgan fingerprint density at radius 2 is 1.52 bits per heavy atom. The van der Waals surface area contributed by atoms with Gasteiger partial charge in [-0.15, -0.1) is 0 Å². The monoisotopic (exact) mass is 386 g/mol. The van der Waals surface area contributed by atoms with Crippen LogP contribution in [0.4, 0.5) is 15.8 Å². The highest BCUT2D eigenvalue weighted by Crippen LogP contribution is 2.29. The number of carbonyl (C=O) groups is 3. The molecule has 3 amide bonds. The second-order valence-corrected chi connectivity index (χ2v) is 6.42. The summed E-state index contributed by atoms with van der Waals surface area (Å²) in [4.78, 5) is 38.5. The second-order valence-electron chi connectivity index (χ2n) is 6.42. The maximum absolute atomic E-state index is 12.9. The molecular weight excluding hydrogens is 371 g/mol. The predicted molar refractivity (Wildman–Crippen MR) is 108 cm³/mol. The summed E-state index contributed by atoms with van der Waals surface area (Å²) in [6, 6.07) is 18.9. The van der Waals surface area contributed by atoms with E-state index in [0.717, 1.165) is 4.90 Å². The number of carbonyl (C=O) groups excluding carboxylic acids is 3. The van der Waals surface area contributed by atoms with Crippen molar-refractivity contribution in [2.24, 2.45) is 0 Å². The molecule has 6 heteroatoms. The van der Waals surface area contributed by atoms with Crippen LogP contribution in [0.15, 0.2) is 78.9 Å². The number of amides is 3. The molecule has 0 spiro atoms. The zero-order chi connectivity index (χ0) is 20.4. The van der Waals surface area contributed by atoms with Gasteiger partial charge in [-0.25, -0.2) is 9.29 Å². The van der Waals surface area contributed by atoms with Crippen molar-refractivity contribution in [3.63, 3.8) is 0 Å². The van der Waals surface area contributed by atoms with E-state index in [1.54, 1.807) is 66.7 Å². The Bertz CT molecular complexity index is 1120. The van der Waals surface area contributed by atoms with E-state index in [-0.39, 0.29) is 5.82 Å². The van der Waals surface area contributed by atoms with Gasteiger partial charge in [0.25, 0.3) is 11.8 Å². The largest absolute Gasteiger partial charge is 0.322 e. The van der Waals surface area contributed by atoms with E-state index in [2.05, 4.69) is 5.32 Å². The number of rotatable bonds is 4. The van der Waals surface area contributed by atoms with Gasteiger partial charge in [-0.2, -0.15) is 0 Å². The van der Waals surface area contributed by atoms with E-state index in [0.29, 0.717) is 28.1 Å². The van der Waals surface area contributed by atoms with E-state index >= 15 is 0 Å². The fraction of sp³-hybridized carbons (Fsp3) is 0. The van der Waals surface area contributed by atoms with Gasteiger partial charge in [0.2, 0.25) is 5.91 Å². The molecule has 0 aliphatic carbocycles. The molecule has 1 heterocycles. The Hall–Kier alpha value is -4.06. The number of halogens is 1. The van der Waals surface area contributed by atoms with Crippen LogP contribution in [-0.2, 0) is 4.79 Å². The number of hydrogen-bond donors (Lipinski definition) is 1. The first-order valence-electron chi connectivity index (χ1n) is 8.85. The van der Waals surface area contributed by atoms with Crippen LogP contribution in [0.5, 0.6) is 0 Å².